The maximum Gasteiger partial charge on any atom is 0.334 e. The van der Waals surface area contributed by atoms with Gasteiger partial charge in [-0.1, -0.05) is 48.5 Å². The monoisotopic (exact) mass is 280 g/mol. The fraction of sp³-hybridized carbons (Fsp3) is 0.211. The van der Waals surface area contributed by atoms with E-state index in [9.17, 15) is 4.79 Å². The fourth-order valence-electron chi connectivity index (χ4n) is 2.06. The van der Waals surface area contributed by atoms with E-state index in [-0.39, 0.29) is 5.97 Å². The van der Waals surface area contributed by atoms with E-state index in [1.165, 1.54) is 11.1 Å². The highest BCUT2D eigenvalue weighted by Crippen LogP contribution is 2.16. The van der Waals surface area contributed by atoms with Gasteiger partial charge in [0, 0.05) is 5.57 Å². The predicted molar refractivity (Wildman–Crippen MR) is 85.8 cm³/mol. The van der Waals surface area contributed by atoms with Gasteiger partial charge in [-0.2, -0.15) is 0 Å². The fourth-order valence-corrected chi connectivity index (χ4v) is 2.06. The second-order valence-corrected chi connectivity index (χ2v) is 5.18. The molecule has 2 nitrogen and oxygen atoms in total. The van der Waals surface area contributed by atoms with Gasteiger partial charge in [0.2, 0.25) is 0 Å². The third-order valence-corrected chi connectivity index (χ3v) is 3.55. The van der Waals surface area contributed by atoms with Crippen molar-refractivity contribution in [3.05, 3.63) is 76.4 Å². The molecule has 0 aliphatic carbocycles. The molecule has 0 fully saturated rings. The lowest BCUT2D eigenvalue weighted by molar-refractivity contribution is -0.140. The van der Waals surface area contributed by atoms with E-state index in [1.807, 2.05) is 48.5 Å². The van der Waals surface area contributed by atoms with Gasteiger partial charge in [0.15, 0.2) is 0 Å². The third-order valence-electron chi connectivity index (χ3n) is 3.55. The Balaban J connectivity index is 2.05. The summed E-state index contributed by atoms with van der Waals surface area (Å²) < 4.78 is 5.32. The topological polar surface area (TPSA) is 26.3 Å². The molecule has 2 heteroatoms. The summed E-state index contributed by atoms with van der Waals surface area (Å²) in [5, 5.41) is 0. The van der Waals surface area contributed by atoms with E-state index in [0.29, 0.717) is 12.2 Å². The summed E-state index contributed by atoms with van der Waals surface area (Å²) in [6, 6.07) is 15.8. The van der Waals surface area contributed by atoms with Gasteiger partial charge in [-0.25, -0.2) is 4.79 Å². The van der Waals surface area contributed by atoms with Crippen LogP contribution in [0, 0.1) is 13.8 Å². The number of carbonyl (C=O) groups is 1. The Kier molecular flexibility index (Phi) is 4.94. The number of aryl methyl sites for hydroxylation is 1. The van der Waals surface area contributed by atoms with E-state index >= 15 is 0 Å². The van der Waals surface area contributed by atoms with Crippen molar-refractivity contribution in [2.24, 2.45) is 0 Å². The molecule has 2 aromatic rings. The molecule has 0 bridgehead atoms. The van der Waals surface area contributed by atoms with Gasteiger partial charge in [-0.15, -0.1) is 0 Å². The molecule has 0 unspecified atom stereocenters. The predicted octanol–water partition coefficient (Wildman–Crippen LogP) is 4.45. The van der Waals surface area contributed by atoms with Gasteiger partial charge < -0.3 is 4.74 Å². The van der Waals surface area contributed by atoms with Crippen LogP contribution < -0.4 is 0 Å². The van der Waals surface area contributed by atoms with Crippen molar-refractivity contribution in [3.63, 3.8) is 0 Å². The Bertz CT molecular complexity index is 655. The van der Waals surface area contributed by atoms with Gasteiger partial charge in [-0.05, 0) is 49.1 Å². The lowest BCUT2D eigenvalue weighted by Crippen LogP contribution is -2.05. The van der Waals surface area contributed by atoms with Crippen molar-refractivity contribution in [1.29, 1.82) is 0 Å². The molecule has 0 heterocycles. The number of ether oxygens (including phenoxy) is 1. The van der Waals surface area contributed by atoms with Crippen molar-refractivity contribution in [2.75, 3.05) is 0 Å². The summed E-state index contributed by atoms with van der Waals surface area (Å²) in [7, 11) is 0. The Morgan fingerprint density at radius 1 is 1.05 bits per heavy atom. The molecule has 0 aliphatic rings. The summed E-state index contributed by atoms with van der Waals surface area (Å²) in [5.41, 5.74) is 5.07. The highest BCUT2D eigenvalue weighted by Gasteiger charge is 2.07. The number of carbonyl (C=O) groups excluding carboxylic acids is 1. The molecule has 0 saturated carbocycles. The SMILES string of the molecule is CC(=Cc1cccc(C)c1C)C(=O)OCc1ccccc1. The zero-order chi connectivity index (χ0) is 15.2. The summed E-state index contributed by atoms with van der Waals surface area (Å²) >= 11 is 0. The van der Waals surface area contributed by atoms with Crippen molar-refractivity contribution in [1.82, 2.24) is 0 Å². The summed E-state index contributed by atoms with van der Waals surface area (Å²) in [5.74, 6) is -0.278. The van der Waals surface area contributed by atoms with Crippen LogP contribution in [0.25, 0.3) is 6.08 Å². The first-order valence-corrected chi connectivity index (χ1v) is 7.03. The Morgan fingerprint density at radius 3 is 2.48 bits per heavy atom. The van der Waals surface area contributed by atoms with Gasteiger partial charge in [-0.3, -0.25) is 0 Å². The number of hydrogen-bond donors (Lipinski definition) is 0. The van der Waals surface area contributed by atoms with Crippen molar-refractivity contribution < 1.29 is 9.53 Å². The van der Waals surface area contributed by atoms with Gasteiger partial charge in [0.1, 0.15) is 6.61 Å². The Hall–Kier alpha value is -2.35. The summed E-state index contributed by atoms with van der Waals surface area (Å²) in [6.45, 7) is 6.21. The largest absolute Gasteiger partial charge is 0.457 e. The molecule has 108 valence electrons. The molecule has 0 atom stereocenters. The Morgan fingerprint density at radius 2 is 1.76 bits per heavy atom. The molecule has 0 spiro atoms. The molecule has 2 aromatic carbocycles. The lowest BCUT2D eigenvalue weighted by atomic mass is 10.0. The van der Waals surface area contributed by atoms with Crippen LogP contribution in [0.4, 0.5) is 0 Å². The van der Waals surface area contributed by atoms with Gasteiger partial charge in [0.25, 0.3) is 0 Å². The zero-order valence-electron chi connectivity index (χ0n) is 12.7. The average Bonchev–Trinajstić information content (AvgIpc) is 2.50. The van der Waals surface area contributed by atoms with Crippen molar-refractivity contribution in [2.45, 2.75) is 27.4 Å². The van der Waals surface area contributed by atoms with Crippen molar-refractivity contribution >= 4 is 12.0 Å². The molecule has 21 heavy (non-hydrogen) atoms. The molecule has 0 saturated heterocycles. The minimum atomic E-state index is -0.278. The smallest absolute Gasteiger partial charge is 0.334 e. The second-order valence-electron chi connectivity index (χ2n) is 5.18. The average molecular weight is 280 g/mol. The zero-order valence-corrected chi connectivity index (χ0v) is 12.7. The van der Waals surface area contributed by atoms with Crippen LogP contribution in [0.15, 0.2) is 54.1 Å². The summed E-state index contributed by atoms with van der Waals surface area (Å²) in [6.07, 6.45) is 1.88. The molecular formula is C19H20O2. The van der Waals surface area contributed by atoms with Crippen LogP contribution in [0.5, 0.6) is 0 Å². The van der Waals surface area contributed by atoms with Crippen LogP contribution in [-0.2, 0) is 16.1 Å². The molecule has 0 amide bonds. The lowest BCUT2D eigenvalue weighted by Gasteiger charge is -2.07. The molecular weight excluding hydrogens is 260 g/mol. The third kappa shape index (κ3) is 4.06. The summed E-state index contributed by atoms with van der Waals surface area (Å²) in [4.78, 5) is 12.0. The molecule has 0 N–H and O–H groups in total. The second kappa shape index (κ2) is 6.89. The van der Waals surface area contributed by atoms with Crippen LogP contribution in [-0.4, -0.2) is 5.97 Å². The molecule has 0 aromatic heterocycles. The van der Waals surface area contributed by atoms with E-state index in [4.69, 9.17) is 4.74 Å². The minimum absolute atomic E-state index is 0.278. The molecule has 2 rings (SSSR count). The number of esters is 1. The molecule has 0 aliphatic heterocycles. The van der Waals surface area contributed by atoms with Crippen LogP contribution in [0.3, 0.4) is 0 Å². The first kappa shape index (κ1) is 15.0. The maximum atomic E-state index is 12.0. The minimum Gasteiger partial charge on any atom is -0.457 e. The van der Waals surface area contributed by atoms with E-state index in [2.05, 4.69) is 19.9 Å². The van der Waals surface area contributed by atoms with Crippen molar-refractivity contribution in [3.8, 4) is 0 Å². The van der Waals surface area contributed by atoms with E-state index in [1.54, 1.807) is 6.92 Å². The van der Waals surface area contributed by atoms with E-state index < -0.39 is 0 Å². The number of benzene rings is 2. The van der Waals surface area contributed by atoms with Crippen LogP contribution in [0.1, 0.15) is 29.2 Å². The van der Waals surface area contributed by atoms with Gasteiger partial charge in [0.05, 0.1) is 0 Å². The standard InChI is InChI=1S/C19H20O2/c1-14-8-7-11-18(16(14)3)12-15(2)19(20)21-13-17-9-5-4-6-10-17/h4-12H,13H2,1-3H3. The molecule has 0 radical (unpaired) electrons. The normalized spacial score (nSPS) is 11.3. The maximum absolute atomic E-state index is 12.0. The number of hydrogen-bond acceptors (Lipinski definition) is 2. The Labute approximate surface area is 126 Å². The first-order chi connectivity index (χ1) is 10.1. The number of rotatable bonds is 4. The first-order valence-electron chi connectivity index (χ1n) is 7.03. The van der Waals surface area contributed by atoms with Crippen LogP contribution in [0.2, 0.25) is 0 Å². The highest BCUT2D eigenvalue weighted by molar-refractivity contribution is 5.93. The van der Waals surface area contributed by atoms with E-state index in [0.717, 1.165) is 11.1 Å². The highest BCUT2D eigenvalue weighted by atomic mass is 16.5. The quantitative estimate of drug-likeness (QED) is 0.611. The van der Waals surface area contributed by atoms with Crippen LogP contribution >= 0.6 is 0 Å². The van der Waals surface area contributed by atoms with Gasteiger partial charge >= 0.3 is 5.97 Å².